The second kappa shape index (κ2) is 8.02. The summed E-state index contributed by atoms with van der Waals surface area (Å²) in [7, 11) is 4.23. The highest BCUT2D eigenvalue weighted by Gasteiger charge is 2.42. The molecule has 8 heteroatoms. The molecule has 1 heterocycles. The van der Waals surface area contributed by atoms with Gasteiger partial charge in [0.05, 0.1) is 44.9 Å². The van der Waals surface area contributed by atoms with Gasteiger partial charge in [-0.05, 0) is 29.8 Å². The van der Waals surface area contributed by atoms with Gasteiger partial charge in [0, 0.05) is 4.47 Å². The lowest BCUT2D eigenvalue weighted by atomic mass is 10.0. The average Bonchev–Trinajstić information content (AvgIpc) is 2.96. The summed E-state index contributed by atoms with van der Waals surface area (Å²) in [5.74, 6) is -0.597. The Morgan fingerprint density at radius 2 is 1.54 bits per heavy atom. The summed E-state index contributed by atoms with van der Waals surface area (Å²) in [6.07, 6.45) is -0.198. The Morgan fingerprint density at radius 3 is 2.04 bits per heavy atom. The molecule has 0 saturated carbocycles. The Labute approximate surface area is 170 Å². The lowest BCUT2D eigenvalue weighted by molar-refractivity contribution is -0.141. The van der Waals surface area contributed by atoms with E-state index in [1.165, 1.54) is 21.3 Å². The molecule has 0 radical (unpaired) electrons. The van der Waals surface area contributed by atoms with Crippen LogP contribution >= 0.6 is 15.9 Å². The lowest BCUT2D eigenvalue weighted by Gasteiger charge is -2.27. The third-order valence-electron chi connectivity index (χ3n) is 4.59. The van der Waals surface area contributed by atoms with Gasteiger partial charge in [-0.3, -0.25) is 19.3 Å². The van der Waals surface area contributed by atoms with Crippen LogP contribution in [0.2, 0.25) is 0 Å². The summed E-state index contributed by atoms with van der Waals surface area (Å²) in [6.45, 7) is 0. The van der Waals surface area contributed by atoms with Crippen LogP contribution in [0.25, 0.3) is 0 Å². The summed E-state index contributed by atoms with van der Waals surface area (Å²) in [5, 5.41) is 0. The van der Waals surface area contributed by atoms with E-state index in [1.54, 1.807) is 36.4 Å². The molecule has 0 saturated heterocycles. The minimum absolute atomic E-state index is 0.198. The van der Waals surface area contributed by atoms with Crippen molar-refractivity contribution in [1.29, 1.82) is 0 Å². The molecule has 2 aromatic rings. The number of methoxy groups -OCH3 is 3. The number of benzene rings is 2. The topological polar surface area (TPSA) is 82.1 Å². The summed E-state index contributed by atoms with van der Waals surface area (Å²) >= 11 is 3.45. The van der Waals surface area contributed by atoms with E-state index in [0.29, 0.717) is 32.7 Å². The Balaban J connectivity index is 2.13. The van der Waals surface area contributed by atoms with Gasteiger partial charge in [-0.2, -0.15) is 0 Å². The van der Waals surface area contributed by atoms with Gasteiger partial charge < -0.3 is 14.2 Å². The van der Waals surface area contributed by atoms with Crippen LogP contribution in [0.5, 0.6) is 11.5 Å². The third kappa shape index (κ3) is 3.35. The van der Waals surface area contributed by atoms with Gasteiger partial charge in [-0.25, -0.2) is 0 Å². The van der Waals surface area contributed by atoms with E-state index >= 15 is 0 Å². The normalized spacial score (nSPS) is 13.9. The molecule has 0 fully saturated rings. The van der Waals surface area contributed by atoms with Gasteiger partial charge in [-0.15, -0.1) is 0 Å². The summed E-state index contributed by atoms with van der Waals surface area (Å²) in [4.78, 5) is 39.1. The van der Waals surface area contributed by atoms with Crippen LogP contribution in [0.1, 0.15) is 38.7 Å². The van der Waals surface area contributed by atoms with Crippen molar-refractivity contribution < 1.29 is 28.6 Å². The third-order valence-corrected chi connectivity index (χ3v) is 5.27. The van der Waals surface area contributed by atoms with Gasteiger partial charge in [0.25, 0.3) is 11.8 Å². The van der Waals surface area contributed by atoms with Crippen LogP contribution in [0.3, 0.4) is 0 Å². The number of esters is 1. The van der Waals surface area contributed by atoms with Gasteiger partial charge in [0.1, 0.15) is 0 Å². The highest BCUT2D eigenvalue weighted by atomic mass is 79.9. The number of hydrogen-bond acceptors (Lipinski definition) is 6. The molecule has 28 heavy (non-hydrogen) atoms. The maximum absolute atomic E-state index is 13.0. The molecule has 2 amide bonds. The van der Waals surface area contributed by atoms with E-state index in [2.05, 4.69) is 15.9 Å². The second-order valence-electron chi connectivity index (χ2n) is 6.05. The molecule has 0 aromatic heterocycles. The van der Waals surface area contributed by atoms with Gasteiger partial charge in [0.15, 0.2) is 11.5 Å². The second-order valence-corrected chi connectivity index (χ2v) is 6.90. The monoisotopic (exact) mass is 447 g/mol. The molecular formula is C20H18BrNO6. The first-order valence-electron chi connectivity index (χ1n) is 8.38. The van der Waals surface area contributed by atoms with E-state index in [1.807, 2.05) is 0 Å². The predicted molar refractivity (Wildman–Crippen MR) is 104 cm³/mol. The zero-order valence-electron chi connectivity index (χ0n) is 15.5. The average molecular weight is 448 g/mol. The summed E-state index contributed by atoms with van der Waals surface area (Å²) in [5.41, 5.74) is 1.13. The fraction of sp³-hybridized carbons (Fsp3) is 0.250. The van der Waals surface area contributed by atoms with Gasteiger partial charge in [-0.1, -0.05) is 28.1 Å². The Kier molecular flexibility index (Phi) is 5.69. The molecule has 0 spiro atoms. The highest BCUT2D eigenvalue weighted by molar-refractivity contribution is 9.10. The summed E-state index contributed by atoms with van der Waals surface area (Å²) < 4.78 is 16.0. The van der Waals surface area contributed by atoms with Crippen LogP contribution in [0.4, 0.5) is 0 Å². The number of carbonyl (C=O) groups is 3. The number of imide groups is 1. The van der Waals surface area contributed by atoms with E-state index in [4.69, 9.17) is 14.2 Å². The van der Waals surface area contributed by atoms with E-state index < -0.39 is 23.8 Å². The largest absolute Gasteiger partial charge is 0.493 e. The fourth-order valence-electron chi connectivity index (χ4n) is 3.20. The number of carbonyl (C=O) groups excluding carboxylic acids is 3. The molecule has 146 valence electrons. The molecule has 1 aliphatic rings. The minimum atomic E-state index is -0.881. The molecule has 0 aliphatic carbocycles. The van der Waals surface area contributed by atoms with Crippen molar-refractivity contribution in [2.75, 3.05) is 21.3 Å². The van der Waals surface area contributed by atoms with Crippen LogP contribution < -0.4 is 9.47 Å². The van der Waals surface area contributed by atoms with Crippen LogP contribution in [-0.4, -0.2) is 44.0 Å². The molecule has 7 nitrogen and oxygen atoms in total. The number of ether oxygens (including phenoxy) is 3. The van der Waals surface area contributed by atoms with Crippen LogP contribution in [-0.2, 0) is 9.53 Å². The van der Waals surface area contributed by atoms with Gasteiger partial charge in [0.2, 0.25) is 0 Å². The Hall–Kier alpha value is -2.87. The number of halogens is 1. The smallest absolute Gasteiger partial charge is 0.307 e. The fourth-order valence-corrected chi connectivity index (χ4v) is 3.78. The quantitative estimate of drug-likeness (QED) is 0.498. The molecule has 0 bridgehead atoms. The van der Waals surface area contributed by atoms with Crippen molar-refractivity contribution in [2.24, 2.45) is 0 Å². The van der Waals surface area contributed by atoms with E-state index in [0.717, 1.165) is 4.90 Å². The standard InChI is InChI=1S/C20H18BrNO6/c1-26-16-8-13(14(21)9-17(16)27-2)15(10-18(23)28-3)22-19(24)11-6-4-5-7-12(11)20(22)25/h4-9,15H,10H2,1-3H3. The predicted octanol–water partition coefficient (Wildman–Crippen LogP) is 3.37. The number of amides is 2. The van der Waals surface area contributed by atoms with Crippen molar-refractivity contribution in [3.05, 3.63) is 57.6 Å². The Morgan fingerprint density at radius 1 is 1.00 bits per heavy atom. The zero-order valence-corrected chi connectivity index (χ0v) is 17.1. The van der Waals surface area contributed by atoms with E-state index in [-0.39, 0.29) is 6.42 Å². The highest BCUT2D eigenvalue weighted by Crippen LogP contribution is 2.41. The minimum Gasteiger partial charge on any atom is -0.493 e. The van der Waals surface area contributed by atoms with Crippen LogP contribution in [0, 0.1) is 0 Å². The molecule has 2 aromatic carbocycles. The maximum atomic E-state index is 13.0. The molecule has 0 N–H and O–H groups in total. The number of fused-ring (bicyclic) bond motifs is 1. The van der Waals surface area contributed by atoms with Crippen molar-refractivity contribution >= 4 is 33.7 Å². The molecule has 1 unspecified atom stereocenters. The van der Waals surface area contributed by atoms with Crippen molar-refractivity contribution in [3.63, 3.8) is 0 Å². The molecule has 1 aliphatic heterocycles. The number of rotatable bonds is 6. The first-order valence-corrected chi connectivity index (χ1v) is 9.17. The zero-order chi connectivity index (χ0) is 20.4. The Bertz CT molecular complexity index is 923. The van der Waals surface area contributed by atoms with Gasteiger partial charge >= 0.3 is 5.97 Å². The number of hydrogen-bond donors (Lipinski definition) is 0. The SMILES string of the molecule is COC(=O)CC(c1cc(OC)c(OC)cc1Br)N1C(=O)c2ccccc2C1=O. The molecule has 3 rings (SSSR count). The molecule has 1 atom stereocenters. The van der Waals surface area contributed by atoms with Crippen molar-refractivity contribution in [1.82, 2.24) is 4.90 Å². The van der Waals surface area contributed by atoms with E-state index in [9.17, 15) is 14.4 Å². The number of nitrogens with zero attached hydrogens (tertiary/aromatic N) is 1. The summed E-state index contributed by atoms with van der Waals surface area (Å²) in [6, 6.07) is 8.98. The first-order chi connectivity index (χ1) is 13.4. The molecular weight excluding hydrogens is 430 g/mol. The lowest BCUT2D eigenvalue weighted by Crippen LogP contribution is -2.35. The van der Waals surface area contributed by atoms with Crippen molar-refractivity contribution in [2.45, 2.75) is 12.5 Å². The van der Waals surface area contributed by atoms with Crippen LogP contribution in [0.15, 0.2) is 40.9 Å². The maximum Gasteiger partial charge on any atom is 0.307 e. The first kappa shape index (κ1) is 19.9. The van der Waals surface area contributed by atoms with Crippen molar-refractivity contribution in [3.8, 4) is 11.5 Å².